The molecule has 0 aliphatic carbocycles. The van der Waals surface area contributed by atoms with Crippen LogP contribution in [0.4, 0.5) is 5.69 Å². The third-order valence-corrected chi connectivity index (χ3v) is 4.32. The molecule has 1 heterocycles. The van der Waals surface area contributed by atoms with Crippen LogP contribution in [0.1, 0.15) is 24.0 Å². The second kappa shape index (κ2) is 7.30. The van der Waals surface area contributed by atoms with E-state index in [4.69, 9.17) is 0 Å². The van der Waals surface area contributed by atoms with Crippen LogP contribution in [-0.4, -0.2) is 24.4 Å². The topological polar surface area (TPSA) is 49.4 Å². The lowest BCUT2D eigenvalue weighted by molar-refractivity contribution is -0.121. The molecule has 124 valence electrons. The van der Waals surface area contributed by atoms with Crippen LogP contribution in [0.5, 0.6) is 0 Å². The first-order chi connectivity index (χ1) is 11.6. The maximum absolute atomic E-state index is 12.2. The summed E-state index contributed by atoms with van der Waals surface area (Å²) in [6.45, 7) is 2.59. The zero-order chi connectivity index (χ0) is 16.9. The van der Waals surface area contributed by atoms with Crippen LogP contribution in [0.3, 0.4) is 0 Å². The highest BCUT2D eigenvalue weighted by Crippen LogP contribution is 2.21. The van der Waals surface area contributed by atoms with E-state index in [0.29, 0.717) is 19.4 Å². The number of hydrogen-bond acceptors (Lipinski definition) is 2. The molecular weight excluding hydrogens is 300 g/mol. The summed E-state index contributed by atoms with van der Waals surface area (Å²) in [6.07, 6.45) is 1.53. The summed E-state index contributed by atoms with van der Waals surface area (Å²) in [5.74, 6) is 0.0633. The van der Waals surface area contributed by atoms with Crippen molar-refractivity contribution in [2.24, 2.45) is 0 Å². The number of carbonyl (C=O) groups is 2. The summed E-state index contributed by atoms with van der Waals surface area (Å²) >= 11 is 0. The monoisotopic (exact) mass is 322 g/mol. The van der Waals surface area contributed by atoms with Gasteiger partial charge in [-0.25, -0.2) is 0 Å². The van der Waals surface area contributed by atoms with Gasteiger partial charge in [-0.3, -0.25) is 9.59 Å². The predicted octanol–water partition coefficient (Wildman–Crippen LogP) is 2.85. The van der Waals surface area contributed by atoms with Gasteiger partial charge in [0.2, 0.25) is 11.8 Å². The van der Waals surface area contributed by atoms with Crippen molar-refractivity contribution in [3.63, 3.8) is 0 Å². The van der Waals surface area contributed by atoms with Crippen molar-refractivity contribution in [2.45, 2.75) is 32.2 Å². The maximum atomic E-state index is 12.2. The third-order valence-electron chi connectivity index (χ3n) is 4.32. The van der Waals surface area contributed by atoms with Gasteiger partial charge in [0, 0.05) is 25.1 Å². The van der Waals surface area contributed by atoms with Crippen molar-refractivity contribution in [2.75, 3.05) is 11.4 Å². The van der Waals surface area contributed by atoms with E-state index in [1.54, 1.807) is 4.90 Å². The van der Waals surface area contributed by atoms with Crippen LogP contribution >= 0.6 is 0 Å². The quantitative estimate of drug-likeness (QED) is 0.920. The molecule has 4 nitrogen and oxygen atoms in total. The number of rotatable bonds is 5. The molecule has 0 aromatic heterocycles. The lowest BCUT2D eigenvalue weighted by Crippen LogP contribution is -2.37. The molecule has 0 radical (unpaired) electrons. The summed E-state index contributed by atoms with van der Waals surface area (Å²) in [7, 11) is 0. The first kappa shape index (κ1) is 16.2. The number of hydrogen-bond donors (Lipinski definition) is 1. The van der Waals surface area contributed by atoms with Crippen molar-refractivity contribution in [1.29, 1.82) is 0 Å². The van der Waals surface area contributed by atoms with Crippen LogP contribution < -0.4 is 10.2 Å². The summed E-state index contributed by atoms with van der Waals surface area (Å²) in [5, 5.41) is 2.99. The smallest absolute Gasteiger partial charge is 0.229 e. The van der Waals surface area contributed by atoms with Crippen LogP contribution in [0.2, 0.25) is 0 Å². The summed E-state index contributed by atoms with van der Waals surface area (Å²) in [4.78, 5) is 26.0. The van der Waals surface area contributed by atoms with Crippen LogP contribution in [0.15, 0.2) is 54.6 Å². The van der Waals surface area contributed by atoms with Crippen LogP contribution in [-0.2, 0) is 16.0 Å². The summed E-state index contributed by atoms with van der Waals surface area (Å²) < 4.78 is 0. The Kier molecular flexibility index (Phi) is 4.94. The van der Waals surface area contributed by atoms with E-state index in [9.17, 15) is 9.59 Å². The Morgan fingerprint density at radius 2 is 1.83 bits per heavy atom. The molecule has 1 saturated heterocycles. The normalized spacial score (nSPS) is 17.1. The highest BCUT2D eigenvalue weighted by atomic mass is 16.2. The number of aryl methyl sites for hydroxylation is 2. The lowest BCUT2D eigenvalue weighted by Gasteiger charge is -2.17. The Bertz CT molecular complexity index is 710. The minimum absolute atomic E-state index is 0.00304. The van der Waals surface area contributed by atoms with Crippen LogP contribution in [0, 0.1) is 6.92 Å². The summed E-state index contributed by atoms with van der Waals surface area (Å²) in [5.41, 5.74) is 3.26. The maximum Gasteiger partial charge on any atom is 0.229 e. The van der Waals surface area contributed by atoms with E-state index in [1.807, 2.05) is 37.3 Å². The van der Waals surface area contributed by atoms with E-state index in [0.717, 1.165) is 17.7 Å². The molecule has 0 saturated carbocycles. The fourth-order valence-corrected chi connectivity index (χ4v) is 2.97. The fraction of sp³-hybridized carbons (Fsp3) is 0.300. The van der Waals surface area contributed by atoms with Crippen molar-refractivity contribution >= 4 is 17.5 Å². The number of anilines is 1. The lowest BCUT2D eigenvalue weighted by atomic mass is 10.1. The van der Waals surface area contributed by atoms with Crippen molar-refractivity contribution in [1.82, 2.24) is 5.32 Å². The summed E-state index contributed by atoms with van der Waals surface area (Å²) in [6, 6.07) is 17.7. The van der Waals surface area contributed by atoms with E-state index >= 15 is 0 Å². The minimum Gasteiger partial charge on any atom is -0.351 e. The molecule has 2 amide bonds. The molecular formula is C20H22N2O2. The SMILES string of the molecule is Cc1ccc(CCC(=O)NC2CC(=O)N(c3ccccc3)C2)cc1. The van der Waals surface area contributed by atoms with Crippen molar-refractivity contribution < 1.29 is 9.59 Å². The zero-order valence-corrected chi connectivity index (χ0v) is 13.9. The molecule has 1 atom stereocenters. The van der Waals surface area contributed by atoms with Crippen molar-refractivity contribution in [3.05, 3.63) is 65.7 Å². The molecule has 1 N–H and O–H groups in total. The Balaban J connectivity index is 1.50. The molecule has 3 rings (SSSR count). The molecule has 0 spiro atoms. The minimum atomic E-state index is -0.108. The number of amides is 2. The van der Waals surface area contributed by atoms with Gasteiger partial charge in [0.15, 0.2) is 0 Å². The van der Waals surface area contributed by atoms with Gasteiger partial charge < -0.3 is 10.2 Å². The Morgan fingerprint density at radius 1 is 1.12 bits per heavy atom. The largest absolute Gasteiger partial charge is 0.351 e. The molecule has 1 aliphatic rings. The van der Waals surface area contributed by atoms with E-state index < -0.39 is 0 Å². The molecule has 0 bridgehead atoms. The fourth-order valence-electron chi connectivity index (χ4n) is 2.97. The third kappa shape index (κ3) is 4.02. The average Bonchev–Trinajstić information content (AvgIpc) is 2.95. The molecule has 1 aliphatic heterocycles. The number of benzene rings is 2. The predicted molar refractivity (Wildman–Crippen MR) is 94.8 cm³/mol. The second-order valence-electron chi connectivity index (χ2n) is 6.29. The second-order valence-corrected chi connectivity index (χ2v) is 6.29. The Hall–Kier alpha value is -2.62. The molecule has 4 heteroatoms. The van der Waals surface area contributed by atoms with E-state index in [2.05, 4.69) is 29.6 Å². The first-order valence-electron chi connectivity index (χ1n) is 8.32. The van der Waals surface area contributed by atoms with Crippen LogP contribution in [0.25, 0.3) is 0 Å². The number of carbonyl (C=O) groups excluding carboxylic acids is 2. The van der Waals surface area contributed by atoms with Gasteiger partial charge in [-0.1, -0.05) is 48.0 Å². The highest BCUT2D eigenvalue weighted by Gasteiger charge is 2.31. The van der Waals surface area contributed by atoms with Gasteiger partial charge in [0.25, 0.3) is 0 Å². The number of nitrogens with one attached hydrogen (secondary N) is 1. The van der Waals surface area contributed by atoms with Gasteiger partial charge >= 0.3 is 0 Å². The van der Waals surface area contributed by atoms with Gasteiger partial charge in [0.05, 0.1) is 6.04 Å². The molecule has 24 heavy (non-hydrogen) atoms. The van der Waals surface area contributed by atoms with E-state index in [1.165, 1.54) is 5.56 Å². The molecule has 2 aromatic carbocycles. The van der Waals surface area contributed by atoms with Gasteiger partial charge in [0.1, 0.15) is 0 Å². The molecule has 1 unspecified atom stereocenters. The van der Waals surface area contributed by atoms with E-state index in [-0.39, 0.29) is 17.9 Å². The van der Waals surface area contributed by atoms with Crippen molar-refractivity contribution in [3.8, 4) is 0 Å². The average molecular weight is 322 g/mol. The number of nitrogens with zero attached hydrogens (tertiary/aromatic N) is 1. The van der Waals surface area contributed by atoms with Gasteiger partial charge in [-0.2, -0.15) is 0 Å². The van der Waals surface area contributed by atoms with Gasteiger partial charge in [-0.05, 0) is 31.0 Å². The molecule has 2 aromatic rings. The number of para-hydroxylation sites is 1. The zero-order valence-electron chi connectivity index (χ0n) is 13.9. The van der Waals surface area contributed by atoms with Gasteiger partial charge in [-0.15, -0.1) is 0 Å². The standard InChI is InChI=1S/C20H22N2O2/c1-15-7-9-16(10-8-15)11-12-19(23)21-17-13-20(24)22(14-17)18-5-3-2-4-6-18/h2-10,17H,11-14H2,1H3,(H,21,23). The first-order valence-corrected chi connectivity index (χ1v) is 8.32. The Labute approximate surface area is 142 Å². The Morgan fingerprint density at radius 3 is 2.54 bits per heavy atom. The molecule has 1 fully saturated rings. The highest BCUT2D eigenvalue weighted by molar-refractivity contribution is 5.96.